The summed E-state index contributed by atoms with van der Waals surface area (Å²) in [4.78, 5) is 8.04. The van der Waals surface area contributed by atoms with Gasteiger partial charge < -0.3 is 0 Å². The highest BCUT2D eigenvalue weighted by atomic mass is 32.2. The van der Waals surface area contributed by atoms with Gasteiger partial charge in [-0.05, 0) is 13.2 Å². The Hall–Kier alpha value is -1.58. The van der Waals surface area contributed by atoms with Gasteiger partial charge >= 0.3 is 6.18 Å². The highest BCUT2D eigenvalue weighted by Crippen LogP contribution is 2.21. The van der Waals surface area contributed by atoms with E-state index in [0.29, 0.717) is 12.2 Å². The van der Waals surface area contributed by atoms with Crippen LogP contribution in [0, 0.1) is 0 Å². The van der Waals surface area contributed by atoms with E-state index in [1.54, 1.807) is 18.7 Å². The van der Waals surface area contributed by atoms with Crippen LogP contribution in [0.4, 0.5) is 13.2 Å². The first-order valence-electron chi connectivity index (χ1n) is 6.24. The topological polar surface area (TPSA) is 61.4 Å². The lowest BCUT2D eigenvalue weighted by molar-refractivity contribution is -0.143. The summed E-state index contributed by atoms with van der Waals surface area (Å²) in [7, 11) is 0. The number of nitrogens with zero attached hydrogens (tertiary/aromatic N) is 6. The smallest absolute Gasteiger partial charge is 0.243 e. The molecule has 0 fully saturated rings. The van der Waals surface area contributed by atoms with Gasteiger partial charge in [-0.15, -0.1) is 0 Å². The molecule has 2 heterocycles. The Labute approximate surface area is 123 Å². The maximum absolute atomic E-state index is 12.7. The minimum absolute atomic E-state index is 0.230. The first-order valence-corrected chi connectivity index (χ1v) is 7.63. The molecule has 116 valence electrons. The van der Waals surface area contributed by atoms with E-state index in [1.165, 1.54) is 17.3 Å². The quantitative estimate of drug-likeness (QED) is 0.814. The van der Waals surface area contributed by atoms with Gasteiger partial charge in [0.25, 0.3) is 0 Å². The second kappa shape index (κ2) is 6.46. The average Bonchev–Trinajstić information content (AvgIpc) is 3.03. The fourth-order valence-electron chi connectivity index (χ4n) is 1.83. The van der Waals surface area contributed by atoms with Crippen molar-refractivity contribution in [2.75, 3.05) is 12.0 Å². The van der Waals surface area contributed by atoms with Crippen LogP contribution < -0.4 is 0 Å². The zero-order valence-corrected chi connectivity index (χ0v) is 12.4. The molecule has 2 aromatic rings. The van der Waals surface area contributed by atoms with E-state index in [2.05, 4.69) is 20.2 Å². The Bertz CT molecular complexity index is 565. The lowest BCUT2D eigenvalue weighted by atomic mass is 10.3. The van der Waals surface area contributed by atoms with Crippen molar-refractivity contribution < 1.29 is 13.2 Å². The molecule has 0 aromatic carbocycles. The van der Waals surface area contributed by atoms with E-state index in [1.807, 2.05) is 6.26 Å². The lowest BCUT2D eigenvalue weighted by Crippen LogP contribution is -2.23. The number of hydrogen-bond donors (Lipinski definition) is 0. The number of rotatable bonds is 6. The van der Waals surface area contributed by atoms with Gasteiger partial charge in [-0.2, -0.15) is 35.1 Å². The molecule has 21 heavy (non-hydrogen) atoms. The number of thioether (sulfide) groups is 1. The van der Waals surface area contributed by atoms with Gasteiger partial charge in [-0.25, -0.2) is 19.3 Å². The molecule has 0 spiro atoms. The fraction of sp³-hybridized carbons (Fsp3) is 0.636. The van der Waals surface area contributed by atoms with Crippen LogP contribution in [0.1, 0.15) is 24.6 Å². The lowest BCUT2D eigenvalue weighted by Gasteiger charge is -2.13. The van der Waals surface area contributed by atoms with E-state index in [4.69, 9.17) is 0 Å². The molecule has 0 aliphatic rings. The van der Waals surface area contributed by atoms with Crippen molar-refractivity contribution in [3.8, 4) is 0 Å². The molecule has 0 bridgehead atoms. The number of alkyl halides is 3. The Morgan fingerprint density at radius 1 is 1.38 bits per heavy atom. The van der Waals surface area contributed by atoms with Crippen LogP contribution in [0.5, 0.6) is 0 Å². The number of aryl methyl sites for hydroxylation is 1. The monoisotopic (exact) mass is 320 g/mol. The summed E-state index contributed by atoms with van der Waals surface area (Å²) in [6.07, 6.45) is 0.879. The molecule has 0 saturated carbocycles. The van der Waals surface area contributed by atoms with Crippen molar-refractivity contribution in [2.24, 2.45) is 0 Å². The molecule has 0 unspecified atom stereocenters. The third-order valence-corrected chi connectivity index (χ3v) is 3.42. The molecule has 10 heteroatoms. The van der Waals surface area contributed by atoms with Gasteiger partial charge in [0, 0.05) is 12.2 Å². The summed E-state index contributed by atoms with van der Waals surface area (Å²) in [5.41, 5.74) is 0. The highest BCUT2D eigenvalue weighted by molar-refractivity contribution is 7.98. The van der Waals surface area contributed by atoms with Gasteiger partial charge in [0.15, 0.2) is 11.6 Å². The SMILES string of the molecule is CSCCc1nc([C@H](C)n2cncn2)n(CC(F)(F)F)n1. The van der Waals surface area contributed by atoms with Crippen molar-refractivity contribution in [1.82, 2.24) is 29.5 Å². The maximum atomic E-state index is 12.7. The third kappa shape index (κ3) is 4.19. The van der Waals surface area contributed by atoms with Gasteiger partial charge in [0.2, 0.25) is 0 Å². The molecule has 1 atom stereocenters. The minimum atomic E-state index is -4.35. The van der Waals surface area contributed by atoms with Crippen LogP contribution >= 0.6 is 11.8 Å². The largest absolute Gasteiger partial charge is 0.408 e. The van der Waals surface area contributed by atoms with E-state index >= 15 is 0 Å². The summed E-state index contributed by atoms with van der Waals surface area (Å²) < 4.78 is 40.3. The summed E-state index contributed by atoms with van der Waals surface area (Å²) in [5, 5.41) is 7.92. The second-order valence-corrected chi connectivity index (χ2v) is 5.44. The summed E-state index contributed by atoms with van der Waals surface area (Å²) in [6.45, 7) is 0.553. The minimum Gasteiger partial charge on any atom is -0.243 e. The van der Waals surface area contributed by atoms with Crippen molar-refractivity contribution in [2.45, 2.75) is 32.1 Å². The average molecular weight is 320 g/mol. The normalized spacial score (nSPS) is 13.6. The summed E-state index contributed by atoms with van der Waals surface area (Å²) in [6, 6.07) is -0.467. The van der Waals surface area contributed by atoms with E-state index in [0.717, 1.165) is 10.4 Å². The molecule has 2 aromatic heterocycles. The van der Waals surface area contributed by atoms with Gasteiger partial charge in [0.05, 0.1) is 0 Å². The van der Waals surface area contributed by atoms with E-state index in [9.17, 15) is 13.2 Å². The van der Waals surface area contributed by atoms with Crippen LogP contribution in [0.2, 0.25) is 0 Å². The van der Waals surface area contributed by atoms with Gasteiger partial charge in [0.1, 0.15) is 25.2 Å². The zero-order chi connectivity index (χ0) is 15.5. The summed E-state index contributed by atoms with van der Waals surface area (Å²) in [5.74, 6) is 1.40. The predicted molar refractivity (Wildman–Crippen MR) is 72.0 cm³/mol. The molecule has 0 aliphatic heterocycles. The van der Waals surface area contributed by atoms with Crippen LogP contribution in [0.25, 0.3) is 0 Å². The summed E-state index contributed by atoms with van der Waals surface area (Å²) >= 11 is 1.59. The van der Waals surface area contributed by atoms with Crippen molar-refractivity contribution in [3.05, 3.63) is 24.3 Å². The second-order valence-electron chi connectivity index (χ2n) is 4.45. The highest BCUT2D eigenvalue weighted by Gasteiger charge is 2.31. The molecule has 0 amide bonds. The molecule has 6 nitrogen and oxygen atoms in total. The number of aromatic nitrogens is 6. The van der Waals surface area contributed by atoms with E-state index in [-0.39, 0.29) is 5.82 Å². The fourth-order valence-corrected chi connectivity index (χ4v) is 2.22. The Morgan fingerprint density at radius 2 is 2.14 bits per heavy atom. The molecule has 0 aliphatic carbocycles. The first kappa shape index (κ1) is 15.8. The standard InChI is InChI=1S/C11H15F3N6S/c1-8(20-7-15-6-16-20)10-17-9(3-4-21-2)18-19(10)5-11(12,13)14/h6-8H,3-5H2,1-2H3/t8-/m0/s1. The Morgan fingerprint density at radius 3 is 2.71 bits per heavy atom. The third-order valence-electron chi connectivity index (χ3n) is 2.81. The van der Waals surface area contributed by atoms with Crippen molar-refractivity contribution >= 4 is 11.8 Å². The molecular weight excluding hydrogens is 305 g/mol. The molecule has 0 radical (unpaired) electrons. The Balaban J connectivity index is 2.30. The molecule has 0 N–H and O–H groups in total. The van der Waals surface area contributed by atoms with Crippen molar-refractivity contribution in [3.63, 3.8) is 0 Å². The van der Waals surface area contributed by atoms with E-state index < -0.39 is 18.8 Å². The molecule has 2 rings (SSSR count). The van der Waals surface area contributed by atoms with Crippen LogP contribution in [0.15, 0.2) is 12.7 Å². The predicted octanol–water partition coefficient (Wildman–Crippen LogP) is 1.95. The number of halogens is 3. The van der Waals surface area contributed by atoms with Crippen molar-refractivity contribution in [1.29, 1.82) is 0 Å². The first-order chi connectivity index (χ1) is 9.90. The Kier molecular flexibility index (Phi) is 4.86. The van der Waals surface area contributed by atoms with Gasteiger partial charge in [-0.1, -0.05) is 0 Å². The maximum Gasteiger partial charge on any atom is 0.408 e. The van der Waals surface area contributed by atoms with Crippen LogP contribution in [-0.2, 0) is 13.0 Å². The molecular formula is C11H15F3N6S. The number of hydrogen-bond acceptors (Lipinski definition) is 5. The van der Waals surface area contributed by atoms with Crippen LogP contribution in [0.3, 0.4) is 0 Å². The molecule has 0 saturated heterocycles. The van der Waals surface area contributed by atoms with Crippen LogP contribution in [-0.4, -0.2) is 47.7 Å². The van der Waals surface area contributed by atoms with Gasteiger partial charge in [-0.3, -0.25) is 0 Å². The zero-order valence-electron chi connectivity index (χ0n) is 11.6.